The molecule has 6 nitrogen and oxygen atoms in total. The van der Waals surface area contributed by atoms with Gasteiger partial charge in [-0.25, -0.2) is 4.98 Å². The van der Waals surface area contributed by atoms with Gasteiger partial charge >= 0.3 is 0 Å². The van der Waals surface area contributed by atoms with E-state index in [1.165, 1.54) is 0 Å². The molecule has 2 heterocycles. The van der Waals surface area contributed by atoms with Gasteiger partial charge in [-0.3, -0.25) is 4.79 Å². The van der Waals surface area contributed by atoms with Crippen molar-refractivity contribution < 1.29 is 14.6 Å². The van der Waals surface area contributed by atoms with Crippen LogP contribution in [0.4, 0.5) is 0 Å². The molecule has 6 heteroatoms. The molecule has 2 aromatic rings. The Balaban J connectivity index is 1.73. The maximum atomic E-state index is 12.7. The summed E-state index contributed by atoms with van der Waals surface area (Å²) in [6.07, 6.45) is 3.26. The number of amides is 1. The molecule has 2 N–H and O–H groups in total. The number of allylic oxidation sites excluding steroid dienone is 1. The Labute approximate surface area is 158 Å². The number of rotatable bonds is 4. The predicted octanol–water partition coefficient (Wildman–Crippen LogP) is 2.18. The summed E-state index contributed by atoms with van der Waals surface area (Å²) in [6.45, 7) is 2.13. The van der Waals surface area contributed by atoms with Gasteiger partial charge in [0.15, 0.2) is 5.76 Å². The number of aromatic nitrogens is 2. The molecule has 0 spiro atoms. The maximum absolute atomic E-state index is 12.7. The van der Waals surface area contributed by atoms with Crippen LogP contribution in [0.5, 0.6) is 0 Å². The number of imidazole rings is 1. The Morgan fingerprint density at radius 3 is 2.89 bits per heavy atom. The zero-order valence-corrected chi connectivity index (χ0v) is 15.5. The summed E-state index contributed by atoms with van der Waals surface area (Å²) < 4.78 is 8.31. The number of benzene rings is 1. The number of nitrogens with zero attached hydrogens (tertiary/aromatic N) is 2. The first-order valence-electron chi connectivity index (χ1n) is 9.17. The Bertz CT molecular complexity index is 941. The molecule has 0 radical (unpaired) electrons. The van der Waals surface area contributed by atoms with E-state index in [2.05, 4.69) is 5.32 Å². The first-order chi connectivity index (χ1) is 13.1. The van der Waals surface area contributed by atoms with E-state index in [4.69, 9.17) is 14.8 Å². The van der Waals surface area contributed by atoms with E-state index >= 15 is 0 Å². The highest BCUT2D eigenvalue weighted by molar-refractivity contribution is 5.88. The van der Waals surface area contributed by atoms with Crippen LogP contribution in [0, 0.1) is 12.8 Å². The van der Waals surface area contributed by atoms with Crippen LogP contribution in [0.25, 0.3) is 11.5 Å². The van der Waals surface area contributed by atoms with E-state index in [0.29, 0.717) is 18.6 Å². The molecule has 1 amide bonds. The van der Waals surface area contributed by atoms with Gasteiger partial charge in [-0.05, 0) is 25.0 Å². The number of aliphatic hydroxyl groups is 1. The van der Waals surface area contributed by atoms with Crippen LogP contribution in [0.3, 0.4) is 0 Å². The highest BCUT2D eigenvalue weighted by Gasteiger charge is 2.37. The fourth-order valence-electron chi connectivity index (χ4n) is 3.73. The zero-order valence-electron chi connectivity index (χ0n) is 15.5. The van der Waals surface area contributed by atoms with Gasteiger partial charge in [0.1, 0.15) is 17.3 Å². The molecule has 0 bridgehead atoms. The van der Waals surface area contributed by atoms with Crippen molar-refractivity contribution >= 4 is 17.4 Å². The highest BCUT2D eigenvalue weighted by Crippen LogP contribution is 2.42. The lowest BCUT2D eigenvalue weighted by atomic mass is 9.83. The number of nitrogens with one attached hydrogen (secondary N) is 1. The Morgan fingerprint density at radius 2 is 2.15 bits per heavy atom. The average Bonchev–Trinajstić information content (AvgIpc) is 3.00. The minimum Gasteiger partial charge on any atom is -0.455 e. The lowest BCUT2D eigenvalue weighted by Crippen LogP contribution is -2.37. The number of aryl methyl sites for hydroxylation is 1. The number of aliphatic hydroxyl groups excluding tert-OH is 1. The molecule has 27 heavy (non-hydrogen) atoms. The van der Waals surface area contributed by atoms with Crippen LogP contribution in [-0.2, 0) is 23.0 Å². The number of carbonyl (C=O) groups excluding carboxylic acids is 1. The minimum atomic E-state index is -0.317. The van der Waals surface area contributed by atoms with Gasteiger partial charge in [-0.15, -0.1) is 0 Å². The first kappa shape index (κ1) is 17.5. The quantitative estimate of drug-likeness (QED) is 0.871. The molecule has 0 saturated heterocycles. The summed E-state index contributed by atoms with van der Waals surface area (Å²) in [6, 6.07) is 9.95. The van der Waals surface area contributed by atoms with Crippen LogP contribution < -0.4 is 5.32 Å². The van der Waals surface area contributed by atoms with E-state index in [9.17, 15) is 4.79 Å². The van der Waals surface area contributed by atoms with Crippen molar-refractivity contribution in [2.75, 3.05) is 13.2 Å². The molecule has 1 atom stereocenters. The lowest BCUT2D eigenvalue weighted by Gasteiger charge is -2.30. The third-order valence-electron chi connectivity index (χ3n) is 5.27. The van der Waals surface area contributed by atoms with Crippen molar-refractivity contribution in [3.8, 4) is 0 Å². The van der Waals surface area contributed by atoms with Crippen molar-refractivity contribution in [2.24, 2.45) is 13.0 Å². The van der Waals surface area contributed by atoms with Crippen molar-refractivity contribution in [1.29, 1.82) is 0 Å². The molecule has 1 unspecified atom stereocenters. The molecule has 1 aliphatic carbocycles. The SMILES string of the molecule is Cc1nc2c(n1C)CC(C(=O)NCCO)C1=C2OC(c2ccccc2)=CC1. The number of ether oxygens (including phenoxy) is 1. The fourth-order valence-corrected chi connectivity index (χ4v) is 3.73. The van der Waals surface area contributed by atoms with Crippen LogP contribution in [-0.4, -0.2) is 33.7 Å². The summed E-state index contributed by atoms with van der Waals surface area (Å²) in [4.78, 5) is 17.4. The second-order valence-electron chi connectivity index (χ2n) is 6.88. The third kappa shape index (κ3) is 3.06. The smallest absolute Gasteiger partial charge is 0.227 e. The minimum absolute atomic E-state index is 0.0744. The molecule has 1 aromatic heterocycles. The van der Waals surface area contributed by atoms with Gasteiger partial charge in [0.2, 0.25) is 5.91 Å². The lowest BCUT2D eigenvalue weighted by molar-refractivity contribution is -0.124. The summed E-state index contributed by atoms with van der Waals surface area (Å²) in [7, 11) is 1.96. The molecule has 2 aliphatic rings. The van der Waals surface area contributed by atoms with Gasteiger partial charge in [-0.1, -0.05) is 30.3 Å². The fraction of sp³-hybridized carbons (Fsp3) is 0.333. The van der Waals surface area contributed by atoms with E-state index in [1.807, 2.05) is 54.9 Å². The van der Waals surface area contributed by atoms with Crippen LogP contribution in [0.2, 0.25) is 0 Å². The summed E-state index contributed by atoms with van der Waals surface area (Å²) in [5.74, 6) is 1.98. The zero-order chi connectivity index (χ0) is 19.0. The molecule has 1 aliphatic heterocycles. The highest BCUT2D eigenvalue weighted by atomic mass is 16.5. The number of hydrogen-bond acceptors (Lipinski definition) is 4. The molecule has 0 fully saturated rings. The summed E-state index contributed by atoms with van der Waals surface area (Å²) >= 11 is 0. The Morgan fingerprint density at radius 1 is 1.37 bits per heavy atom. The normalized spacial score (nSPS) is 18.3. The van der Waals surface area contributed by atoms with Crippen molar-refractivity contribution in [1.82, 2.24) is 14.9 Å². The predicted molar refractivity (Wildman–Crippen MR) is 102 cm³/mol. The second-order valence-corrected chi connectivity index (χ2v) is 6.88. The number of fused-ring (bicyclic) bond motifs is 2. The molecule has 4 rings (SSSR count). The van der Waals surface area contributed by atoms with Crippen molar-refractivity contribution in [2.45, 2.75) is 19.8 Å². The Kier molecular flexibility index (Phi) is 4.58. The molecular formula is C21H23N3O3. The van der Waals surface area contributed by atoms with Gasteiger partial charge in [0.05, 0.1) is 12.5 Å². The van der Waals surface area contributed by atoms with E-state index in [-0.39, 0.29) is 25.0 Å². The van der Waals surface area contributed by atoms with E-state index in [0.717, 1.165) is 34.1 Å². The molecule has 0 saturated carbocycles. The molecule has 1 aromatic carbocycles. The average molecular weight is 365 g/mol. The van der Waals surface area contributed by atoms with Crippen LogP contribution in [0.15, 0.2) is 42.0 Å². The topological polar surface area (TPSA) is 76.4 Å². The number of carbonyl (C=O) groups is 1. The Hall–Kier alpha value is -2.86. The van der Waals surface area contributed by atoms with Gasteiger partial charge in [-0.2, -0.15) is 0 Å². The van der Waals surface area contributed by atoms with Crippen molar-refractivity contribution in [3.63, 3.8) is 0 Å². The number of hydrogen-bond donors (Lipinski definition) is 2. The summed E-state index contributed by atoms with van der Waals surface area (Å²) in [5, 5.41) is 11.8. The first-order valence-corrected chi connectivity index (χ1v) is 9.17. The van der Waals surface area contributed by atoms with Gasteiger partial charge < -0.3 is 19.7 Å². The largest absolute Gasteiger partial charge is 0.455 e. The monoisotopic (exact) mass is 365 g/mol. The third-order valence-corrected chi connectivity index (χ3v) is 5.27. The molecular weight excluding hydrogens is 342 g/mol. The maximum Gasteiger partial charge on any atom is 0.227 e. The second kappa shape index (κ2) is 7.04. The standard InChI is InChI=1S/C21H23N3O3/c1-13-23-19-17(24(13)2)12-16(21(26)22-10-11-25)15-8-9-18(27-20(15)19)14-6-4-3-5-7-14/h3-7,9,16,25H,8,10-12H2,1-2H3,(H,22,26). The van der Waals surface area contributed by atoms with E-state index < -0.39 is 0 Å². The summed E-state index contributed by atoms with van der Waals surface area (Å²) in [5.41, 5.74) is 3.79. The van der Waals surface area contributed by atoms with Gasteiger partial charge in [0.25, 0.3) is 0 Å². The van der Waals surface area contributed by atoms with Crippen molar-refractivity contribution in [3.05, 3.63) is 64.8 Å². The van der Waals surface area contributed by atoms with Crippen LogP contribution in [0.1, 0.15) is 29.2 Å². The molecule has 140 valence electrons. The van der Waals surface area contributed by atoms with Crippen LogP contribution >= 0.6 is 0 Å². The van der Waals surface area contributed by atoms with E-state index in [1.54, 1.807) is 0 Å². The van der Waals surface area contributed by atoms with Gasteiger partial charge in [0, 0.05) is 31.3 Å².